The summed E-state index contributed by atoms with van der Waals surface area (Å²) in [6.45, 7) is 6.29. The number of morpholine rings is 1. The van der Waals surface area contributed by atoms with Crippen molar-refractivity contribution in [1.29, 1.82) is 5.41 Å². The number of carbonyl (C=O) groups is 1. The summed E-state index contributed by atoms with van der Waals surface area (Å²) in [7, 11) is 0. The Labute approximate surface area is 227 Å². The Balaban J connectivity index is 1.01. The quantitative estimate of drug-likeness (QED) is 0.266. The number of aliphatic hydroxyl groups excluding tert-OH is 1. The van der Waals surface area contributed by atoms with E-state index in [1.54, 1.807) is 0 Å². The lowest BCUT2D eigenvalue weighted by atomic mass is 9.72. The van der Waals surface area contributed by atoms with Gasteiger partial charge in [-0.15, -0.1) is 0 Å². The van der Waals surface area contributed by atoms with Gasteiger partial charge >= 0.3 is 0 Å². The molecule has 8 heteroatoms. The van der Waals surface area contributed by atoms with Crippen molar-refractivity contribution in [3.8, 4) is 0 Å². The Hall–Kier alpha value is -2.03. The second-order valence-corrected chi connectivity index (χ2v) is 12.3. The van der Waals surface area contributed by atoms with Gasteiger partial charge in [-0.2, -0.15) is 0 Å². The fourth-order valence-electron chi connectivity index (χ4n) is 6.85. The second kappa shape index (κ2) is 12.9. The van der Waals surface area contributed by atoms with E-state index in [0.717, 1.165) is 96.1 Å². The van der Waals surface area contributed by atoms with Gasteiger partial charge in [0.1, 0.15) is 6.29 Å². The predicted molar refractivity (Wildman–Crippen MR) is 148 cm³/mol. The van der Waals surface area contributed by atoms with Crippen LogP contribution in [-0.4, -0.2) is 85.9 Å². The first-order chi connectivity index (χ1) is 18.5. The molecule has 0 spiro atoms. The lowest BCUT2D eigenvalue weighted by Crippen LogP contribution is -2.45. The van der Waals surface area contributed by atoms with Crippen molar-refractivity contribution < 1.29 is 19.4 Å². The first-order valence-electron chi connectivity index (χ1n) is 14.8. The molecule has 2 saturated carbocycles. The molecule has 210 valence electrons. The number of carbonyl (C=O) groups excluding carboxylic acids is 1. The number of aldehydes is 1. The van der Waals surface area contributed by atoms with Crippen LogP contribution in [0.3, 0.4) is 0 Å². The fraction of sp³-hybridized carbons (Fsp3) is 0.767. The van der Waals surface area contributed by atoms with Gasteiger partial charge in [-0.05, 0) is 86.7 Å². The van der Waals surface area contributed by atoms with Crippen molar-refractivity contribution >= 4 is 18.7 Å². The van der Waals surface area contributed by atoms with Crippen LogP contribution in [0, 0.1) is 35.0 Å². The van der Waals surface area contributed by atoms with Crippen LogP contribution in [0.15, 0.2) is 28.5 Å². The number of aliphatic hydroxyl groups is 1. The molecule has 0 radical (unpaired) electrons. The molecule has 38 heavy (non-hydrogen) atoms. The molecular weight excluding hydrogens is 480 g/mol. The topological polar surface area (TPSA) is 107 Å². The van der Waals surface area contributed by atoms with Gasteiger partial charge in [0.15, 0.2) is 0 Å². The van der Waals surface area contributed by atoms with E-state index < -0.39 is 0 Å². The Morgan fingerprint density at radius 2 is 2.05 bits per heavy atom. The molecule has 3 unspecified atom stereocenters. The number of hydrogen-bond donors (Lipinski definition) is 3. The van der Waals surface area contributed by atoms with Gasteiger partial charge in [0.2, 0.25) is 0 Å². The molecule has 4 fully saturated rings. The molecule has 5 aliphatic rings. The summed E-state index contributed by atoms with van der Waals surface area (Å²) in [5.41, 5.74) is 2.27. The summed E-state index contributed by atoms with van der Waals surface area (Å²) in [5, 5.41) is 22.2. The Bertz CT molecular complexity index is 902. The van der Waals surface area contributed by atoms with E-state index in [2.05, 4.69) is 23.2 Å². The molecule has 3 heterocycles. The third kappa shape index (κ3) is 6.75. The Morgan fingerprint density at radius 3 is 2.79 bits per heavy atom. The summed E-state index contributed by atoms with van der Waals surface area (Å²) >= 11 is 0. The minimum Gasteiger partial charge on any atom is -0.393 e. The zero-order valence-corrected chi connectivity index (χ0v) is 22.8. The van der Waals surface area contributed by atoms with Crippen LogP contribution in [0.1, 0.15) is 58.3 Å². The standard InChI is InChI=1S/C30H46N4O4/c1-20(9-30(36)24-12-26(13-24)32-16-25(15-31)22-2-5-37-6-3-22)8-28-18-34(4-7-38-28)27-14-29(33-17-27)23-10-21(11-23)19-35/h14-17,19-24,26,28-32,36H,2-13,18H2,1H3/b25-16+,31-15?/t20-,21?,23?,24?,26?,28?,29?,30?/m0/s1. The highest BCUT2D eigenvalue weighted by Crippen LogP contribution is 2.38. The first-order valence-corrected chi connectivity index (χ1v) is 14.8. The zero-order valence-electron chi connectivity index (χ0n) is 22.8. The minimum atomic E-state index is -0.271. The molecular formula is C30H46N4O4. The van der Waals surface area contributed by atoms with Gasteiger partial charge in [0.05, 0.1) is 30.6 Å². The van der Waals surface area contributed by atoms with Crippen LogP contribution in [0.25, 0.3) is 0 Å². The summed E-state index contributed by atoms with van der Waals surface area (Å²) in [4.78, 5) is 18.1. The first kappa shape index (κ1) is 27.5. The van der Waals surface area contributed by atoms with E-state index in [1.165, 1.54) is 11.9 Å². The monoisotopic (exact) mass is 526 g/mol. The van der Waals surface area contributed by atoms with Crippen molar-refractivity contribution in [2.75, 3.05) is 32.9 Å². The summed E-state index contributed by atoms with van der Waals surface area (Å²) in [6.07, 6.45) is 16.5. The van der Waals surface area contributed by atoms with Gasteiger partial charge in [-0.3, -0.25) is 4.99 Å². The zero-order chi connectivity index (χ0) is 26.5. The van der Waals surface area contributed by atoms with E-state index in [4.69, 9.17) is 19.9 Å². The molecule has 0 amide bonds. The van der Waals surface area contributed by atoms with Gasteiger partial charge in [0, 0.05) is 56.9 Å². The lowest BCUT2D eigenvalue weighted by Gasteiger charge is -2.40. The Kier molecular flexibility index (Phi) is 9.33. The number of hydrogen-bond acceptors (Lipinski definition) is 8. The van der Waals surface area contributed by atoms with Gasteiger partial charge < -0.3 is 35.0 Å². The highest BCUT2D eigenvalue weighted by Gasteiger charge is 2.37. The minimum absolute atomic E-state index is 0.174. The molecule has 0 bridgehead atoms. The van der Waals surface area contributed by atoms with E-state index in [9.17, 15) is 9.90 Å². The third-order valence-corrected chi connectivity index (χ3v) is 9.48. The number of aliphatic imine (C=N–C) groups is 1. The molecule has 3 aliphatic heterocycles. The highest BCUT2D eigenvalue weighted by molar-refractivity contribution is 5.81. The summed E-state index contributed by atoms with van der Waals surface area (Å²) in [6, 6.07) is 0.621. The average Bonchev–Trinajstić information content (AvgIpc) is 3.35. The molecule has 0 aromatic carbocycles. The maximum Gasteiger partial charge on any atom is 0.123 e. The number of rotatable bonds is 12. The van der Waals surface area contributed by atoms with E-state index in [1.807, 2.05) is 12.4 Å². The highest BCUT2D eigenvalue weighted by atomic mass is 16.5. The normalized spacial score (nSPS) is 35.6. The van der Waals surface area contributed by atoms with Crippen molar-refractivity contribution in [1.82, 2.24) is 10.2 Å². The molecule has 2 saturated heterocycles. The number of nitrogens with one attached hydrogen (secondary N) is 2. The molecule has 2 aliphatic carbocycles. The smallest absolute Gasteiger partial charge is 0.123 e. The van der Waals surface area contributed by atoms with Crippen molar-refractivity contribution in [2.45, 2.75) is 82.6 Å². The fourth-order valence-corrected chi connectivity index (χ4v) is 6.85. The summed E-state index contributed by atoms with van der Waals surface area (Å²) < 4.78 is 11.6. The van der Waals surface area contributed by atoms with Crippen LogP contribution < -0.4 is 5.32 Å². The average molecular weight is 527 g/mol. The van der Waals surface area contributed by atoms with Crippen LogP contribution >= 0.6 is 0 Å². The lowest BCUT2D eigenvalue weighted by molar-refractivity contribution is -0.114. The van der Waals surface area contributed by atoms with Crippen LogP contribution in [0.4, 0.5) is 0 Å². The molecule has 3 N–H and O–H groups in total. The summed E-state index contributed by atoms with van der Waals surface area (Å²) in [5.74, 6) is 1.92. The molecule has 4 atom stereocenters. The Morgan fingerprint density at radius 1 is 1.26 bits per heavy atom. The van der Waals surface area contributed by atoms with E-state index in [-0.39, 0.29) is 24.2 Å². The number of nitrogens with zero attached hydrogens (tertiary/aromatic N) is 2. The van der Waals surface area contributed by atoms with Gasteiger partial charge in [0.25, 0.3) is 0 Å². The van der Waals surface area contributed by atoms with Crippen LogP contribution in [-0.2, 0) is 14.3 Å². The molecule has 0 aromatic heterocycles. The molecule has 8 nitrogen and oxygen atoms in total. The van der Waals surface area contributed by atoms with E-state index >= 15 is 0 Å². The number of allylic oxidation sites excluding steroid dienone is 2. The third-order valence-electron chi connectivity index (χ3n) is 9.48. The van der Waals surface area contributed by atoms with Crippen molar-refractivity contribution in [3.05, 3.63) is 23.5 Å². The maximum atomic E-state index is 10.9. The second-order valence-electron chi connectivity index (χ2n) is 12.3. The molecule has 5 rings (SSSR count). The predicted octanol–water partition coefficient (Wildman–Crippen LogP) is 3.35. The van der Waals surface area contributed by atoms with E-state index in [0.29, 0.717) is 29.7 Å². The largest absolute Gasteiger partial charge is 0.393 e. The van der Waals surface area contributed by atoms with Gasteiger partial charge in [-0.1, -0.05) is 6.92 Å². The number of ether oxygens (including phenoxy) is 2. The van der Waals surface area contributed by atoms with Crippen LogP contribution in [0.2, 0.25) is 0 Å². The molecule has 0 aromatic rings. The van der Waals surface area contributed by atoms with Crippen molar-refractivity contribution in [2.24, 2.45) is 34.6 Å². The van der Waals surface area contributed by atoms with Crippen LogP contribution in [0.5, 0.6) is 0 Å². The van der Waals surface area contributed by atoms with Gasteiger partial charge in [-0.25, -0.2) is 0 Å². The van der Waals surface area contributed by atoms with Crippen molar-refractivity contribution in [3.63, 3.8) is 0 Å². The maximum absolute atomic E-state index is 10.9. The SMILES string of the molecule is C[C@@H](CC1CN(C2=CC(C3CC(C=O)C3)N=C2)CCO1)CC(O)C1CC(N/C=C(\C=N)C2CCOCC2)C1.